The van der Waals surface area contributed by atoms with Crippen molar-refractivity contribution in [2.24, 2.45) is 0 Å². The highest BCUT2D eigenvalue weighted by Gasteiger charge is 2.12. The lowest BCUT2D eigenvalue weighted by Crippen LogP contribution is -2.09. The summed E-state index contributed by atoms with van der Waals surface area (Å²) in [5.41, 5.74) is 1.34. The van der Waals surface area contributed by atoms with Crippen molar-refractivity contribution in [1.29, 1.82) is 0 Å². The Balaban J connectivity index is 1.70. The number of nitrogens with one attached hydrogen (secondary N) is 1. The van der Waals surface area contributed by atoms with E-state index in [-0.39, 0.29) is 31.6 Å². The van der Waals surface area contributed by atoms with Gasteiger partial charge in [0, 0.05) is 28.2 Å². The van der Waals surface area contributed by atoms with Gasteiger partial charge in [0.15, 0.2) is 11.5 Å². The molecule has 0 saturated heterocycles. The van der Waals surface area contributed by atoms with E-state index >= 15 is 0 Å². The molecule has 0 bridgehead atoms. The van der Waals surface area contributed by atoms with Crippen LogP contribution < -0.4 is 14.8 Å². The van der Waals surface area contributed by atoms with E-state index in [0.717, 1.165) is 5.56 Å². The Morgan fingerprint density at radius 2 is 1.85 bits per heavy atom. The standard InChI is InChI=1S/C23H22BrF2N3O4/c1-2-32-21-9-14(3-4-20(21)33-8-6-23(30)31)19-12-22(29-13-28-19)27-7-5-16-17(25)10-15(24)11-18(16)26/h3-4,9-13H,2,5-8H2,1H3,(H,30,31)(H,27,28,29). The summed E-state index contributed by atoms with van der Waals surface area (Å²) in [4.78, 5) is 19.1. The van der Waals surface area contributed by atoms with E-state index in [0.29, 0.717) is 34.1 Å². The third-order valence-corrected chi connectivity index (χ3v) is 5.02. The summed E-state index contributed by atoms with van der Waals surface area (Å²) in [5, 5.41) is 11.8. The second-order valence-electron chi connectivity index (χ2n) is 6.90. The quantitative estimate of drug-likeness (QED) is 0.362. The van der Waals surface area contributed by atoms with Gasteiger partial charge in [0.1, 0.15) is 23.8 Å². The van der Waals surface area contributed by atoms with E-state index in [1.54, 1.807) is 24.3 Å². The molecule has 7 nitrogen and oxygen atoms in total. The van der Waals surface area contributed by atoms with Crippen LogP contribution in [0.15, 0.2) is 47.2 Å². The number of benzene rings is 2. The lowest BCUT2D eigenvalue weighted by atomic mass is 10.1. The first kappa shape index (κ1) is 24.4. The zero-order chi connectivity index (χ0) is 23.8. The Labute approximate surface area is 197 Å². The Morgan fingerprint density at radius 3 is 2.55 bits per heavy atom. The van der Waals surface area contributed by atoms with Crippen LogP contribution in [-0.2, 0) is 11.2 Å². The van der Waals surface area contributed by atoms with Crippen molar-refractivity contribution in [2.45, 2.75) is 19.8 Å². The lowest BCUT2D eigenvalue weighted by molar-refractivity contribution is -0.137. The van der Waals surface area contributed by atoms with Gasteiger partial charge < -0.3 is 19.9 Å². The number of carbonyl (C=O) groups is 1. The SMILES string of the molecule is CCOc1cc(-c2cc(NCCc3c(F)cc(Br)cc3F)ncn2)ccc1OCCC(=O)O. The molecule has 0 radical (unpaired) electrons. The van der Waals surface area contributed by atoms with Crippen molar-refractivity contribution < 1.29 is 28.2 Å². The number of hydrogen-bond donors (Lipinski definition) is 2. The zero-order valence-corrected chi connectivity index (χ0v) is 19.4. The molecule has 0 aliphatic carbocycles. The van der Waals surface area contributed by atoms with Crippen LogP contribution >= 0.6 is 15.9 Å². The maximum atomic E-state index is 14.0. The van der Waals surface area contributed by atoms with Crippen LogP contribution in [0.25, 0.3) is 11.3 Å². The van der Waals surface area contributed by atoms with Crippen molar-refractivity contribution >= 4 is 27.7 Å². The molecular weight excluding hydrogens is 500 g/mol. The highest BCUT2D eigenvalue weighted by atomic mass is 79.9. The molecular formula is C23H22BrF2N3O4. The summed E-state index contributed by atoms with van der Waals surface area (Å²) >= 11 is 3.07. The molecule has 0 aliphatic heterocycles. The molecule has 0 unspecified atom stereocenters. The molecule has 0 spiro atoms. The summed E-state index contributed by atoms with van der Waals surface area (Å²) in [7, 11) is 0. The maximum absolute atomic E-state index is 14.0. The number of halogens is 3. The van der Waals surface area contributed by atoms with Gasteiger partial charge in [-0.3, -0.25) is 4.79 Å². The highest BCUT2D eigenvalue weighted by Crippen LogP contribution is 2.32. The fourth-order valence-electron chi connectivity index (χ4n) is 3.04. The maximum Gasteiger partial charge on any atom is 0.306 e. The van der Waals surface area contributed by atoms with E-state index < -0.39 is 17.6 Å². The third-order valence-electron chi connectivity index (χ3n) is 4.57. The first-order valence-corrected chi connectivity index (χ1v) is 11.0. The molecule has 2 aromatic carbocycles. The summed E-state index contributed by atoms with van der Waals surface area (Å²) < 4.78 is 39.5. The van der Waals surface area contributed by atoms with Crippen molar-refractivity contribution in [2.75, 3.05) is 25.1 Å². The fourth-order valence-corrected chi connectivity index (χ4v) is 3.44. The van der Waals surface area contributed by atoms with Crippen LogP contribution in [0.4, 0.5) is 14.6 Å². The lowest BCUT2D eigenvalue weighted by Gasteiger charge is -2.13. The number of hydrogen-bond acceptors (Lipinski definition) is 6. The second-order valence-corrected chi connectivity index (χ2v) is 7.82. The molecule has 2 N–H and O–H groups in total. The minimum Gasteiger partial charge on any atom is -0.490 e. The molecule has 1 heterocycles. The summed E-state index contributed by atoms with van der Waals surface area (Å²) in [6.07, 6.45) is 1.40. The molecule has 0 aliphatic rings. The van der Waals surface area contributed by atoms with Gasteiger partial charge in [-0.15, -0.1) is 0 Å². The van der Waals surface area contributed by atoms with Crippen molar-refractivity contribution in [3.63, 3.8) is 0 Å². The first-order chi connectivity index (χ1) is 15.9. The molecule has 3 rings (SSSR count). The van der Waals surface area contributed by atoms with Gasteiger partial charge >= 0.3 is 5.97 Å². The smallest absolute Gasteiger partial charge is 0.306 e. The predicted molar refractivity (Wildman–Crippen MR) is 123 cm³/mol. The van der Waals surface area contributed by atoms with Crippen molar-refractivity contribution in [1.82, 2.24) is 9.97 Å². The third kappa shape index (κ3) is 6.85. The van der Waals surface area contributed by atoms with E-state index in [4.69, 9.17) is 14.6 Å². The first-order valence-electron chi connectivity index (χ1n) is 10.2. The number of carboxylic acid groups (broad SMARTS) is 1. The molecule has 174 valence electrons. The van der Waals surface area contributed by atoms with Gasteiger partial charge in [0.2, 0.25) is 0 Å². The molecule has 0 fully saturated rings. The van der Waals surface area contributed by atoms with E-state index in [2.05, 4.69) is 31.2 Å². The van der Waals surface area contributed by atoms with Crippen LogP contribution in [-0.4, -0.2) is 40.8 Å². The van der Waals surface area contributed by atoms with Crippen molar-refractivity contribution in [3.8, 4) is 22.8 Å². The Morgan fingerprint density at radius 1 is 1.09 bits per heavy atom. The normalized spacial score (nSPS) is 10.7. The summed E-state index contributed by atoms with van der Waals surface area (Å²) in [6.45, 7) is 2.53. The molecule has 3 aromatic rings. The largest absolute Gasteiger partial charge is 0.490 e. The molecule has 1 aromatic heterocycles. The summed E-state index contributed by atoms with van der Waals surface area (Å²) in [5.74, 6) is -0.765. The van der Waals surface area contributed by atoms with Crippen LogP contribution in [0.5, 0.6) is 11.5 Å². The number of rotatable bonds is 11. The monoisotopic (exact) mass is 521 g/mol. The zero-order valence-electron chi connectivity index (χ0n) is 17.8. The predicted octanol–water partition coefficient (Wildman–Crippen LogP) is 5.09. The van der Waals surface area contributed by atoms with E-state index in [9.17, 15) is 13.6 Å². The van der Waals surface area contributed by atoms with Crippen LogP contribution in [0.3, 0.4) is 0 Å². The molecule has 0 saturated carbocycles. The topological polar surface area (TPSA) is 93.6 Å². The molecule has 0 atom stereocenters. The van der Waals surface area contributed by atoms with Gasteiger partial charge in [-0.1, -0.05) is 15.9 Å². The number of anilines is 1. The Bertz CT molecular complexity index is 1110. The highest BCUT2D eigenvalue weighted by molar-refractivity contribution is 9.10. The molecule has 0 amide bonds. The van der Waals surface area contributed by atoms with Crippen molar-refractivity contribution in [3.05, 3.63) is 64.4 Å². The minimum absolute atomic E-state index is 0.000164. The van der Waals surface area contributed by atoms with Gasteiger partial charge in [-0.25, -0.2) is 18.7 Å². The van der Waals surface area contributed by atoms with Crippen LogP contribution in [0.2, 0.25) is 0 Å². The average molecular weight is 522 g/mol. The number of ether oxygens (including phenoxy) is 2. The van der Waals surface area contributed by atoms with E-state index in [1.165, 1.54) is 18.5 Å². The number of aliphatic carboxylic acids is 1. The van der Waals surface area contributed by atoms with Gasteiger partial charge in [-0.2, -0.15) is 0 Å². The Kier molecular flexibility index (Phi) is 8.53. The Hall–Kier alpha value is -3.27. The molecule has 33 heavy (non-hydrogen) atoms. The summed E-state index contributed by atoms with van der Waals surface area (Å²) in [6, 6.07) is 9.38. The van der Waals surface area contributed by atoms with Crippen LogP contribution in [0, 0.1) is 11.6 Å². The number of aromatic nitrogens is 2. The van der Waals surface area contributed by atoms with Gasteiger partial charge in [-0.05, 0) is 43.7 Å². The van der Waals surface area contributed by atoms with E-state index in [1.807, 2.05) is 6.92 Å². The average Bonchev–Trinajstić information content (AvgIpc) is 2.76. The van der Waals surface area contributed by atoms with Gasteiger partial charge in [0.05, 0.1) is 25.3 Å². The van der Waals surface area contributed by atoms with Crippen LogP contribution in [0.1, 0.15) is 18.9 Å². The number of carboxylic acids is 1. The van der Waals surface area contributed by atoms with Gasteiger partial charge in [0.25, 0.3) is 0 Å². The second kappa shape index (κ2) is 11.6. The minimum atomic E-state index is -0.948. The fraction of sp³-hybridized carbons (Fsp3) is 0.261. The number of nitrogens with zero attached hydrogens (tertiary/aromatic N) is 2. The molecule has 10 heteroatoms.